The summed E-state index contributed by atoms with van der Waals surface area (Å²) in [5, 5.41) is 18.0. The molecule has 0 saturated heterocycles. The molecule has 1 atom stereocenters. The molecule has 14 heavy (non-hydrogen) atoms. The van der Waals surface area contributed by atoms with Gasteiger partial charge >= 0.3 is 0 Å². The van der Waals surface area contributed by atoms with Crippen LogP contribution in [0.4, 0.5) is 0 Å². The Kier molecular flexibility index (Phi) is 3.49. The molecule has 2 N–H and O–H groups in total. The molecular formula is C11H16O3. The number of aliphatic hydroxyl groups excluding tert-OH is 1. The van der Waals surface area contributed by atoms with Gasteiger partial charge in [-0.05, 0) is 24.1 Å². The van der Waals surface area contributed by atoms with E-state index in [0.29, 0.717) is 0 Å². The third-order valence-corrected chi connectivity index (χ3v) is 2.41. The van der Waals surface area contributed by atoms with Crippen molar-refractivity contribution in [3.8, 4) is 5.75 Å². The topological polar surface area (TPSA) is 49.7 Å². The van der Waals surface area contributed by atoms with E-state index in [1.54, 1.807) is 14.0 Å². The van der Waals surface area contributed by atoms with Gasteiger partial charge in [-0.15, -0.1) is 0 Å². The van der Waals surface area contributed by atoms with E-state index >= 15 is 0 Å². The van der Waals surface area contributed by atoms with Crippen LogP contribution in [0.25, 0.3) is 0 Å². The SMILES string of the molecule is COc1cc(C(C)C(O)O)ccc1C. The van der Waals surface area contributed by atoms with Crippen LogP contribution >= 0.6 is 0 Å². The summed E-state index contributed by atoms with van der Waals surface area (Å²) in [5.74, 6) is 0.472. The second kappa shape index (κ2) is 4.44. The van der Waals surface area contributed by atoms with Crippen LogP contribution in [0.15, 0.2) is 18.2 Å². The van der Waals surface area contributed by atoms with E-state index < -0.39 is 6.29 Å². The maximum atomic E-state index is 9.02. The average Bonchev–Trinajstić information content (AvgIpc) is 2.17. The minimum absolute atomic E-state index is 0.301. The van der Waals surface area contributed by atoms with E-state index in [0.717, 1.165) is 16.9 Å². The number of hydrogen-bond acceptors (Lipinski definition) is 3. The van der Waals surface area contributed by atoms with E-state index in [-0.39, 0.29) is 5.92 Å². The van der Waals surface area contributed by atoms with Gasteiger partial charge in [0.2, 0.25) is 0 Å². The number of ether oxygens (including phenoxy) is 1. The molecule has 0 aliphatic rings. The zero-order chi connectivity index (χ0) is 10.7. The van der Waals surface area contributed by atoms with Crippen molar-refractivity contribution in [3.63, 3.8) is 0 Å². The Labute approximate surface area is 84.0 Å². The molecule has 0 aliphatic heterocycles. The van der Waals surface area contributed by atoms with Gasteiger partial charge in [0.1, 0.15) is 5.75 Å². The Bertz CT molecular complexity index is 307. The van der Waals surface area contributed by atoms with Gasteiger partial charge < -0.3 is 14.9 Å². The molecule has 0 aromatic heterocycles. The number of aryl methyl sites for hydroxylation is 1. The summed E-state index contributed by atoms with van der Waals surface area (Å²) in [6.07, 6.45) is -1.33. The fourth-order valence-corrected chi connectivity index (χ4v) is 1.29. The molecule has 3 nitrogen and oxygen atoms in total. The molecule has 1 aromatic carbocycles. The van der Waals surface area contributed by atoms with Crippen LogP contribution in [-0.4, -0.2) is 23.6 Å². The molecule has 0 fully saturated rings. The van der Waals surface area contributed by atoms with Gasteiger partial charge in [-0.1, -0.05) is 19.1 Å². The van der Waals surface area contributed by atoms with Crippen molar-refractivity contribution in [2.24, 2.45) is 0 Å². The Morgan fingerprint density at radius 1 is 1.29 bits per heavy atom. The highest BCUT2D eigenvalue weighted by molar-refractivity contribution is 5.37. The second-order valence-electron chi connectivity index (χ2n) is 3.43. The normalized spacial score (nSPS) is 13.0. The van der Waals surface area contributed by atoms with E-state index in [4.69, 9.17) is 14.9 Å². The lowest BCUT2D eigenvalue weighted by Gasteiger charge is -2.15. The highest BCUT2D eigenvalue weighted by Crippen LogP contribution is 2.25. The summed E-state index contributed by atoms with van der Waals surface area (Å²) in [6.45, 7) is 3.71. The van der Waals surface area contributed by atoms with Crippen molar-refractivity contribution in [2.45, 2.75) is 26.1 Å². The van der Waals surface area contributed by atoms with Gasteiger partial charge in [0.05, 0.1) is 7.11 Å². The van der Waals surface area contributed by atoms with Crippen LogP contribution in [0.5, 0.6) is 5.75 Å². The Morgan fingerprint density at radius 3 is 2.43 bits per heavy atom. The largest absolute Gasteiger partial charge is 0.496 e. The maximum Gasteiger partial charge on any atom is 0.158 e. The van der Waals surface area contributed by atoms with Crippen LogP contribution < -0.4 is 4.74 Å². The molecule has 3 heteroatoms. The molecule has 0 aliphatic carbocycles. The molecule has 0 radical (unpaired) electrons. The second-order valence-corrected chi connectivity index (χ2v) is 3.43. The van der Waals surface area contributed by atoms with Crippen LogP contribution in [0.1, 0.15) is 24.0 Å². The lowest BCUT2D eigenvalue weighted by Crippen LogP contribution is -2.14. The van der Waals surface area contributed by atoms with E-state index in [1.165, 1.54) is 0 Å². The highest BCUT2D eigenvalue weighted by atomic mass is 16.5. The van der Waals surface area contributed by atoms with Crippen molar-refractivity contribution < 1.29 is 14.9 Å². The molecule has 78 valence electrons. The highest BCUT2D eigenvalue weighted by Gasteiger charge is 2.14. The molecule has 0 saturated carbocycles. The Balaban J connectivity index is 3.00. The van der Waals surface area contributed by atoms with E-state index in [9.17, 15) is 0 Å². The van der Waals surface area contributed by atoms with E-state index in [2.05, 4.69) is 0 Å². The lowest BCUT2D eigenvalue weighted by atomic mass is 9.99. The van der Waals surface area contributed by atoms with Gasteiger partial charge in [0, 0.05) is 5.92 Å². The quantitative estimate of drug-likeness (QED) is 0.719. The van der Waals surface area contributed by atoms with Gasteiger partial charge in [-0.3, -0.25) is 0 Å². The summed E-state index contributed by atoms with van der Waals surface area (Å²) in [6, 6.07) is 5.62. The minimum atomic E-state index is -1.33. The molecule has 0 spiro atoms. The fourth-order valence-electron chi connectivity index (χ4n) is 1.29. The Morgan fingerprint density at radius 2 is 1.93 bits per heavy atom. The van der Waals surface area contributed by atoms with Gasteiger partial charge in [0.15, 0.2) is 6.29 Å². The van der Waals surface area contributed by atoms with Crippen LogP contribution in [0.3, 0.4) is 0 Å². The maximum absolute atomic E-state index is 9.02. The zero-order valence-electron chi connectivity index (χ0n) is 8.69. The summed E-state index contributed by atoms with van der Waals surface area (Å²) < 4.78 is 5.15. The van der Waals surface area contributed by atoms with Gasteiger partial charge in [-0.25, -0.2) is 0 Å². The van der Waals surface area contributed by atoms with Crippen molar-refractivity contribution in [3.05, 3.63) is 29.3 Å². The van der Waals surface area contributed by atoms with Crippen molar-refractivity contribution in [1.82, 2.24) is 0 Å². The smallest absolute Gasteiger partial charge is 0.158 e. The first kappa shape index (κ1) is 11.0. The molecule has 1 unspecified atom stereocenters. The summed E-state index contributed by atoms with van der Waals surface area (Å²) in [5.41, 5.74) is 1.90. The Hall–Kier alpha value is -1.06. The third-order valence-electron chi connectivity index (χ3n) is 2.41. The third kappa shape index (κ3) is 2.25. The number of aliphatic hydroxyl groups is 2. The predicted octanol–water partition coefficient (Wildman–Crippen LogP) is 1.42. The van der Waals surface area contributed by atoms with Crippen LogP contribution in [0, 0.1) is 6.92 Å². The monoisotopic (exact) mass is 196 g/mol. The summed E-state index contributed by atoms with van der Waals surface area (Å²) in [7, 11) is 1.60. The number of hydrogen-bond donors (Lipinski definition) is 2. The zero-order valence-corrected chi connectivity index (χ0v) is 8.69. The lowest BCUT2D eigenvalue weighted by molar-refractivity contribution is -0.0561. The standard InChI is InChI=1S/C11H16O3/c1-7-4-5-9(6-10(7)14-3)8(2)11(12)13/h4-6,8,11-13H,1-3H3. The van der Waals surface area contributed by atoms with Gasteiger partial charge in [-0.2, -0.15) is 0 Å². The van der Waals surface area contributed by atoms with Crippen molar-refractivity contribution >= 4 is 0 Å². The molecule has 0 amide bonds. The molecular weight excluding hydrogens is 180 g/mol. The summed E-state index contributed by atoms with van der Waals surface area (Å²) >= 11 is 0. The molecule has 0 bridgehead atoms. The number of methoxy groups -OCH3 is 1. The first-order valence-electron chi connectivity index (χ1n) is 4.57. The minimum Gasteiger partial charge on any atom is -0.496 e. The fraction of sp³-hybridized carbons (Fsp3) is 0.455. The van der Waals surface area contributed by atoms with Crippen LogP contribution in [0.2, 0.25) is 0 Å². The average molecular weight is 196 g/mol. The van der Waals surface area contributed by atoms with Crippen molar-refractivity contribution in [1.29, 1.82) is 0 Å². The first-order chi connectivity index (χ1) is 6.56. The first-order valence-corrected chi connectivity index (χ1v) is 4.57. The van der Waals surface area contributed by atoms with Crippen LogP contribution in [-0.2, 0) is 0 Å². The summed E-state index contributed by atoms with van der Waals surface area (Å²) in [4.78, 5) is 0. The predicted molar refractivity (Wildman–Crippen MR) is 54.4 cm³/mol. The van der Waals surface area contributed by atoms with E-state index in [1.807, 2.05) is 25.1 Å². The number of rotatable bonds is 3. The van der Waals surface area contributed by atoms with Crippen molar-refractivity contribution in [2.75, 3.05) is 7.11 Å². The molecule has 1 rings (SSSR count). The molecule has 1 aromatic rings. The van der Waals surface area contributed by atoms with Gasteiger partial charge in [0.25, 0.3) is 0 Å². The molecule has 0 heterocycles. The number of benzene rings is 1.